The van der Waals surface area contributed by atoms with Crippen molar-refractivity contribution in [3.05, 3.63) is 53.6 Å². The van der Waals surface area contributed by atoms with Gasteiger partial charge < -0.3 is 15.5 Å². The lowest BCUT2D eigenvalue weighted by Crippen LogP contribution is -2.22. The number of carbonyl (C=O) groups excluding carboxylic acids is 2. The first-order chi connectivity index (χ1) is 13.4. The number of hydrogen-bond acceptors (Lipinski definition) is 3. The predicted molar refractivity (Wildman–Crippen MR) is 115 cm³/mol. The second-order valence-corrected chi connectivity index (χ2v) is 7.41. The number of anilines is 3. The van der Waals surface area contributed by atoms with Crippen LogP contribution in [-0.4, -0.2) is 24.9 Å². The summed E-state index contributed by atoms with van der Waals surface area (Å²) in [6.07, 6.45) is 0.597. The summed E-state index contributed by atoms with van der Waals surface area (Å²) >= 11 is 0. The van der Waals surface area contributed by atoms with E-state index in [1.807, 2.05) is 56.3 Å². The molecule has 0 aliphatic heterocycles. The van der Waals surface area contributed by atoms with Gasteiger partial charge in [0.2, 0.25) is 11.8 Å². The van der Waals surface area contributed by atoms with Crippen LogP contribution < -0.4 is 15.5 Å². The fourth-order valence-electron chi connectivity index (χ4n) is 3.58. The molecule has 2 unspecified atom stereocenters. The number of benzene rings is 2. The lowest BCUT2D eigenvalue weighted by Gasteiger charge is -2.21. The molecule has 0 spiro atoms. The van der Waals surface area contributed by atoms with Crippen molar-refractivity contribution in [2.24, 2.45) is 11.8 Å². The van der Waals surface area contributed by atoms with Crippen LogP contribution in [0.5, 0.6) is 0 Å². The summed E-state index contributed by atoms with van der Waals surface area (Å²) < 4.78 is 0. The zero-order valence-corrected chi connectivity index (χ0v) is 17.1. The summed E-state index contributed by atoms with van der Waals surface area (Å²) in [5, 5.41) is 5.94. The average Bonchev–Trinajstić information content (AvgIpc) is 3.48. The minimum atomic E-state index is -0.258. The molecular weight excluding hydrogens is 350 g/mol. The van der Waals surface area contributed by atoms with E-state index < -0.39 is 0 Å². The Kier molecular flexibility index (Phi) is 6.02. The maximum atomic E-state index is 12.5. The molecule has 2 amide bonds. The quantitative estimate of drug-likeness (QED) is 0.751. The molecule has 1 aliphatic carbocycles. The van der Waals surface area contributed by atoms with Gasteiger partial charge in [-0.25, -0.2) is 0 Å². The van der Waals surface area contributed by atoms with Crippen LogP contribution in [0.4, 0.5) is 17.1 Å². The van der Waals surface area contributed by atoms with E-state index in [1.54, 1.807) is 0 Å². The van der Waals surface area contributed by atoms with Gasteiger partial charge in [-0.15, -0.1) is 0 Å². The van der Waals surface area contributed by atoms with Crippen LogP contribution in [0.25, 0.3) is 0 Å². The highest BCUT2D eigenvalue weighted by Crippen LogP contribution is 2.40. The smallest absolute Gasteiger partial charge is 0.228 e. The van der Waals surface area contributed by atoms with Crippen molar-refractivity contribution in [1.29, 1.82) is 0 Å². The minimum absolute atomic E-state index is 0.0746. The largest absolute Gasteiger partial charge is 0.372 e. The molecule has 2 aromatic rings. The van der Waals surface area contributed by atoms with Crippen molar-refractivity contribution in [3.8, 4) is 0 Å². The molecule has 5 nitrogen and oxygen atoms in total. The van der Waals surface area contributed by atoms with Gasteiger partial charge >= 0.3 is 0 Å². The Balaban J connectivity index is 1.56. The first-order valence-corrected chi connectivity index (χ1v) is 9.97. The fraction of sp³-hybridized carbons (Fsp3) is 0.391. The topological polar surface area (TPSA) is 61.4 Å². The Labute approximate surface area is 167 Å². The fourth-order valence-corrected chi connectivity index (χ4v) is 3.58. The number of carbonyl (C=O) groups is 2. The third kappa shape index (κ3) is 4.35. The van der Waals surface area contributed by atoms with Gasteiger partial charge in [0.25, 0.3) is 0 Å². The van der Waals surface area contributed by atoms with Crippen molar-refractivity contribution in [2.75, 3.05) is 28.6 Å². The Bertz CT molecular complexity index is 836. The van der Waals surface area contributed by atoms with Crippen LogP contribution in [0.3, 0.4) is 0 Å². The number of hydrogen-bond donors (Lipinski definition) is 2. The van der Waals surface area contributed by atoms with Crippen LogP contribution in [-0.2, 0) is 9.59 Å². The zero-order chi connectivity index (χ0) is 20.3. The van der Waals surface area contributed by atoms with Gasteiger partial charge in [0.15, 0.2) is 0 Å². The van der Waals surface area contributed by atoms with Crippen LogP contribution >= 0.6 is 0 Å². The number of aryl methyl sites for hydroxylation is 2. The summed E-state index contributed by atoms with van der Waals surface area (Å²) in [6.45, 7) is 10.1. The van der Waals surface area contributed by atoms with Gasteiger partial charge in [-0.2, -0.15) is 0 Å². The van der Waals surface area contributed by atoms with E-state index in [2.05, 4.69) is 29.4 Å². The SMILES string of the molecule is CCN(CC)c1ccc(NC(=O)C2CC2C(=O)Nc2c(C)cccc2C)cc1. The molecule has 0 aromatic heterocycles. The highest BCUT2D eigenvalue weighted by atomic mass is 16.2. The normalized spacial score (nSPS) is 17.7. The molecule has 3 rings (SSSR count). The van der Waals surface area contributed by atoms with Crippen LogP contribution in [0, 0.1) is 25.7 Å². The van der Waals surface area contributed by atoms with E-state index in [0.717, 1.165) is 41.3 Å². The Morgan fingerprint density at radius 2 is 1.43 bits per heavy atom. The maximum absolute atomic E-state index is 12.5. The van der Waals surface area contributed by atoms with Gasteiger partial charge in [0.1, 0.15) is 0 Å². The zero-order valence-electron chi connectivity index (χ0n) is 17.1. The van der Waals surface area contributed by atoms with Crippen molar-refractivity contribution in [3.63, 3.8) is 0 Å². The maximum Gasteiger partial charge on any atom is 0.228 e. The van der Waals surface area contributed by atoms with Crippen molar-refractivity contribution in [1.82, 2.24) is 0 Å². The number of amides is 2. The Hall–Kier alpha value is -2.82. The number of rotatable bonds is 7. The lowest BCUT2D eigenvalue weighted by molar-refractivity contribution is -0.122. The first-order valence-electron chi connectivity index (χ1n) is 9.97. The van der Waals surface area contributed by atoms with Crippen molar-refractivity contribution >= 4 is 28.9 Å². The molecule has 28 heavy (non-hydrogen) atoms. The second-order valence-electron chi connectivity index (χ2n) is 7.41. The monoisotopic (exact) mass is 379 g/mol. The Morgan fingerprint density at radius 3 is 1.96 bits per heavy atom. The summed E-state index contributed by atoms with van der Waals surface area (Å²) in [5.41, 5.74) is 4.82. The molecule has 1 fully saturated rings. The number of nitrogens with one attached hydrogen (secondary N) is 2. The first kappa shape index (κ1) is 19.9. The molecular formula is C23H29N3O2. The van der Waals surface area contributed by atoms with E-state index in [4.69, 9.17) is 0 Å². The standard InChI is InChI=1S/C23H29N3O2/c1-5-26(6-2)18-12-10-17(11-13-18)24-22(27)19-14-20(19)23(28)25-21-15(3)8-7-9-16(21)4/h7-13,19-20H,5-6,14H2,1-4H3,(H,24,27)(H,25,28). The number of nitrogens with zero attached hydrogens (tertiary/aromatic N) is 1. The summed E-state index contributed by atoms with van der Waals surface area (Å²) in [7, 11) is 0. The molecule has 148 valence electrons. The van der Waals surface area contributed by atoms with Crippen LogP contribution in [0.2, 0.25) is 0 Å². The predicted octanol–water partition coefficient (Wildman–Crippen LogP) is 4.36. The van der Waals surface area contributed by atoms with Gasteiger partial charge in [0, 0.05) is 30.2 Å². The van der Waals surface area contributed by atoms with E-state index in [0.29, 0.717) is 6.42 Å². The molecule has 0 radical (unpaired) electrons. The molecule has 1 saturated carbocycles. The van der Waals surface area contributed by atoms with Crippen molar-refractivity contribution in [2.45, 2.75) is 34.1 Å². The number of para-hydroxylation sites is 1. The van der Waals surface area contributed by atoms with Gasteiger partial charge in [-0.1, -0.05) is 18.2 Å². The molecule has 0 heterocycles. The minimum Gasteiger partial charge on any atom is -0.372 e. The lowest BCUT2D eigenvalue weighted by atomic mass is 10.1. The van der Waals surface area contributed by atoms with E-state index in [1.165, 1.54) is 0 Å². The summed E-state index contributed by atoms with van der Waals surface area (Å²) in [5.74, 6) is -0.674. The highest BCUT2D eigenvalue weighted by molar-refractivity contribution is 6.03. The summed E-state index contributed by atoms with van der Waals surface area (Å²) in [6, 6.07) is 13.8. The molecule has 2 N–H and O–H groups in total. The molecule has 5 heteroatoms. The van der Waals surface area contributed by atoms with Crippen molar-refractivity contribution < 1.29 is 9.59 Å². The summed E-state index contributed by atoms with van der Waals surface area (Å²) in [4.78, 5) is 27.3. The second kappa shape index (κ2) is 8.46. The van der Waals surface area contributed by atoms with Crippen LogP contribution in [0.1, 0.15) is 31.4 Å². The van der Waals surface area contributed by atoms with Crippen LogP contribution in [0.15, 0.2) is 42.5 Å². The third-order valence-electron chi connectivity index (χ3n) is 5.46. The molecule has 2 atom stereocenters. The van der Waals surface area contributed by atoms with E-state index >= 15 is 0 Å². The molecule has 0 saturated heterocycles. The third-order valence-corrected chi connectivity index (χ3v) is 5.46. The van der Waals surface area contributed by atoms with Gasteiger partial charge in [0.05, 0.1) is 11.8 Å². The van der Waals surface area contributed by atoms with Gasteiger partial charge in [-0.3, -0.25) is 9.59 Å². The highest BCUT2D eigenvalue weighted by Gasteiger charge is 2.48. The molecule has 2 aromatic carbocycles. The van der Waals surface area contributed by atoms with Gasteiger partial charge in [-0.05, 0) is 69.5 Å². The molecule has 1 aliphatic rings. The van der Waals surface area contributed by atoms with E-state index in [-0.39, 0.29) is 23.7 Å². The molecule has 0 bridgehead atoms. The average molecular weight is 380 g/mol. The Morgan fingerprint density at radius 1 is 0.893 bits per heavy atom. The van der Waals surface area contributed by atoms with E-state index in [9.17, 15) is 9.59 Å².